The van der Waals surface area contributed by atoms with Crippen molar-refractivity contribution in [3.8, 4) is 11.5 Å². The van der Waals surface area contributed by atoms with E-state index in [1.165, 1.54) is 0 Å². The van der Waals surface area contributed by atoms with E-state index in [1.54, 1.807) is 12.1 Å². The Bertz CT molecular complexity index is 799. The molecule has 0 aliphatic carbocycles. The molecule has 2 rings (SSSR count). The van der Waals surface area contributed by atoms with Crippen LogP contribution in [0, 0.1) is 13.8 Å². The number of aryl methyl sites for hydroxylation is 2. The maximum atomic E-state index is 12.8. The molecule has 0 radical (unpaired) electrons. The second-order valence-corrected chi connectivity index (χ2v) is 9.08. The van der Waals surface area contributed by atoms with E-state index in [0.717, 1.165) is 22.3 Å². The molecule has 26 heavy (non-hydrogen) atoms. The maximum Gasteiger partial charge on any atom is 0.343 e. The fourth-order valence-electron chi connectivity index (χ4n) is 2.97. The highest BCUT2D eigenvalue weighted by Gasteiger charge is 2.28. The summed E-state index contributed by atoms with van der Waals surface area (Å²) in [6.45, 7) is 16.1. The third-order valence-electron chi connectivity index (χ3n) is 4.49. The Hall–Kier alpha value is -2.29. The highest BCUT2D eigenvalue weighted by Crippen LogP contribution is 2.40. The van der Waals surface area contributed by atoms with Crippen molar-refractivity contribution in [1.29, 1.82) is 0 Å². The largest absolute Gasteiger partial charge is 0.507 e. The second-order valence-electron chi connectivity index (χ2n) is 9.08. The fourth-order valence-corrected chi connectivity index (χ4v) is 2.97. The first-order chi connectivity index (χ1) is 11.8. The highest BCUT2D eigenvalue weighted by atomic mass is 16.5. The molecular weight excluding hydrogens is 324 g/mol. The lowest BCUT2D eigenvalue weighted by Crippen LogP contribution is -2.20. The van der Waals surface area contributed by atoms with E-state index in [4.69, 9.17) is 4.74 Å². The Kier molecular flexibility index (Phi) is 5.23. The molecule has 0 amide bonds. The van der Waals surface area contributed by atoms with Gasteiger partial charge in [0.15, 0.2) is 0 Å². The molecule has 2 aromatic rings. The van der Waals surface area contributed by atoms with Crippen LogP contribution in [0.5, 0.6) is 11.5 Å². The van der Waals surface area contributed by atoms with Gasteiger partial charge in [0.2, 0.25) is 0 Å². The number of ether oxygens (including phenoxy) is 1. The standard InChI is InChI=1S/C23H30O3/c1-14-9-10-19(15(2)11-14)26-21(25)16-12-17(22(3,4)5)20(24)18(13-16)23(6,7)8/h9-13,24H,1-8H3. The molecule has 140 valence electrons. The Morgan fingerprint density at radius 1 is 0.885 bits per heavy atom. The number of esters is 1. The van der Waals surface area contributed by atoms with Crippen molar-refractivity contribution in [2.75, 3.05) is 0 Å². The van der Waals surface area contributed by atoms with Gasteiger partial charge >= 0.3 is 5.97 Å². The van der Waals surface area contributed by atoms with Crippen molar-refractivity contribution < 1.29 is 14.6 Å². The number of aromatic hydroxyl groups is 1. The van der Waals surface area contributed by atoms with E-state index < -0.39 is 5.97 Å². The van der Waals surface area contributed by atoms with Gasteiger partial charge in [0.05, 0.1) is 5.56 Å². The molecule has 0 saturated carbocycles. The quantitative estimate of drug-likeness (QED) is 0.546. The van der Waals surface area contributed by atoms with Crippen LogP contribution in [0.2, 0.25) is 0 Å². The van der Waals surface area contributed by atoms with Crippen LogP contribution in [0.1, 0.15) is 74.2 Å². The monoisotopic (exact) mass is 354 g/mol. The summed E-state index contributed by atoms with van der Waals surface area (Å²) >= 11 is 0. The van der Waals surface area contributed by atoms with E-state index in [2.05, 4.69) is 0 Å². The summed E-state index contributed by atoms with van der Waals surface area (Å²) in [6, 6.07) is 9.22. The highest BCUT2D eigenvalue weighted by molar-refractivity contribution is 5.92. The van der Waals surface area contributed by atoms with Crippen molar-refractivity contribution in [2.24, 2.45) is 0 Å². The predicted octanol–water partition coefficient (Wildman–Crippen LogP) is 5.82. The Balaban J connectivity index is 2.53. The molecule has 0 saturated heterocycles. The average Bonchev–Trinajstić information content (AvgIpc) is 2.47. The predicted molar refractivity (Wildman–Crippen MR) is 106 cm³/mol. The summed E-state index contributed by atoms with van der Waals surface area (Å²) in [7, 11) is 0. The summed E-state index contributed by atoms with van der Waals surface area (Å²) in [5.41, 5.74) is 3.41. The lowest BCUT2D eigenvalue weighted by molar-refractivity contribution is 0.0733. The molecule has 3 nitrogen and oxygen atoms in total. The second kappa shape index (κ2) is 6.79. The molecule has 0 aliphatic heterocycles. The minimum absolute atomic E-state index is 0.257. The summed E-state index contributed by atoms with van der Waals surface area (Å²) in [4.78, 5) is 12.8. The van der Waals surface area contributed by atoms with Crippen molar-refractivity contribution in [3.63, 3.8) is 0 Å². The molecule has 0 spiro atoms. The number of phenolic OH excluding ortho intramolecular Hbond substituents is 1. The Morgan fingerprint density at radius 3 is 1.81 bits per heavy atom. The van der Waals surface area contributed by atoms with Gasteiger partial charge in [-0.1, -0.05) is 59.2 Å². The van der Waals surface area contributed by atoms with Gasteiger partial charge < -0.3 is 9.84 Å². The number of hydrogen-bond acceptors (Lipinski definition) is 3. The molecule has 0 aliphatic rings. The summed E-state index contributed by atoms with van der Waals surface area (Å²) < 4.78 is 5.64. The first kappa shape index (κ1) is 20.0. The van der Waals surface area contributed by atoms with Crippen LogP contribution in [-0.2, 0) is 10.8 Å². The summed E-state index contributed by atoms with van der Waals surface area (Å²) in [6.07, 6.45) is 0. The minimum Gasteiger partial charge on any atom is -0.507 e. The number of phenols is 1. The van der Waals surface area contributed by atoms with Gasteiger partial charge in [0.25, 0.3) is 0 Å². The number of rotatable bonds is 2. The summed E-state index contributed by atoms with van der Waals surface area (Å²) in [5, 5.41) is 10.8. The van der Waals surface area contributed by atoms with Gasteiger partial charge in [0.1, 0.15) is 11.5 Å². The van der Waals surface area contributed by atoms with E-state index in [-0.39, 0.29) is 16.6 Å². The lowest BCUT2D eigenvalue weighted by atomic mass is 9.78. The molecule has 2 aromatic carbocycles. The Morgan fingerprint density at radius 2 is 1.38 bits per heavy atom. The normalized spacial score (nSPS) is 12.2. The first-order valence-electron chi connectivity index (χ1n) is 8.98. The van der Waals surface area contributed by atoms with Crippen molar-refractivity contribution in [2.45, 2.75) is 66.2 Å². The third kappa shape index (κ3) is 4.27. The zero-order valence-electron chi connectivity index (χ0n) is 17.2. The van der Waals surface area contributed by atoms with E-state index >= 15 is 0 Å². The van der Waals surface area contributed by atoms with Gasteiger partial charge in [-0.15, -0.1) is 0 Å². The van der Waals surface area contributed by atoms with Crippen LogP contribution in [0.4, 0.5) is 0 Å². The van der Waals surface area contributed by atoms with Crippen molar-refractivity contribution >= 4 is 5.97 Å². The molecule has 0 unspecified atom stereocenters. The van der Waals surface area contributed by atoms with Gasteiger partial charge in [-0.2, -0.15) is 0 Å². The topological polar surface area (TPSA) is 46.5 Å². The van der Waals surface area contributed by atoms with Crippen molar-refractivity contribution in [3.05, 3.63) is 58.1 Å². The van der Waals surface area contributed by atoms with E-state index in [9.17, 15) is 9.90 Å². The molecule has 3 heteroatoms. The van der Waals surface area contributed by atoms with Crippen LogP contribution < -0.4 is 4.74 Å². The smallest absolute Gasteiger partial charge is 0.343 e. The molecule has 0 bridgehead atoms. The maximum absolute atomic E-state index is 12.8. The van der Waals surface area contributed by atoms with Crippen LogP contribution in [0.25, 0.3) is 0 Å². The molecule has 0 heterocycles. The van der Waals surface area contributed by atoms with Crippen LogP contribution in [-0.4, -0.2) is 11.1 Å². The average molecular weight is 354 g/mol. The van der Waals surface area contributed by atoms with Gasteiger partial charge in [-0.3, -0.25) is 0 Å². The molecule has 1 N–H and O–H groups in total. The SMILES string of the molecule is Cc1ccc(OC(=O)c2cc(C(C)(C)C)c(O)c(C(C)(C)C)c2)c(C)c1. The molecule has 0 fully saturated rings. The molecule has 0 aromatic heterocycles. The first-order valence-corrected chi connectivity index (χ1v) is 8.98. The minimum atomic E-state index is -0.409. The number of hydrogen-bond donors (Lipinski definition) is 1. The van der Waals surface area contributed by atoms with Gasteiger partial charge in [0, 0.05) is 11.1 Å². The fraction of sp³-hybridized carbons (Fsp3) is 0.435. The number of carbonyl (C=O) groups excluding carboxylic acids is 1. The molecular formula is C23H30O3. The zero-order chi connectivity index (χ0) is 19.9. The zero-order valence-corrected chi connectivity index (χ0v) is 17.2. The lowest BCUT2D eigenvalue weighted by Gasteiger charge is -2.28. The van der Waals surface area contributed by atoms with E-state index in [0.29, 0.717) is 11.3 Å². The van der Waals surface area contributed by atoms with Crippen molar-refractivity contribution in [1.82, 2.24) is 0 Å². The van der Waals surface area contributed by atoms with E-state index in [1.807, 2.05) is 73.6 Å². The van der Waals surface area contributed by atoms with Gasteiger partial charge in [-0.25, -0.2) is 4.79 Å². The van der Waals surface area contributed by atoms with Crippen LogP contribution in [0.3, 0.4) is 0 Å². The van der Waals surface area contributed by atoms with Crippen LogP contribution >= 0.6 is 0 Å². The number of carbonyl (C=O) groups is 1. The third-order valence-corrected chi connectivity index (χ3v) is 4.49. The number of benzene rings is 2. The Labute approximate surface area is 157 Å². The molecule has 0 atom stereocenters. The van der Waals surface area contributed by atoms with Crippen LogP contribution in [0.15, 0.2) is 30.3 Å². The summed E-state index contributed by atoms with van der Waals surface area (Å²) in [5.74, 6) is 0.407. The van der Waals surface area contributed by atoms with Gasteiger partial charge in [-0.05, 0) is 48.4 Å².